The Hall–Kier alpha value is -2.20. The van der Waals surface area contributed by atoms with Gasteiger partial charge in [-0.3, -0.25) is 0 Å². The molecule has 1 aliphatic carbocycles. The van der Waals surface area contributed by atoms with Crippen LogP contribution < -0.4 is 21.9 Å². The SMILES string of the molecule is Cc1cc(NNc2ccccc2C)ccc1NCC1CCC(N)CC1. The molecule has 4 heteroatoms. The van der Waals surface area contributed by atoms with Gasteiger partial charge in [0.2, 0.25) is 0 Å². The van der Waals surface area contributed by atoms with E-state index in [-0.39, 0.29) is 0 Å². The van der Waals surface area contributed by atoms with Gasteiger partial charge in [-0.15, -0.1) is 0 Å². The lowest BCUT2D eigenvalue weighted by molar-refractivity contribution is 0.339. The van der Waals surface area contributed by atoms with Crippen LogP contribution in [0, 0.1) is 19.8 Å². The molecule has 1 saturated carbocycles. The smallest absolute Gasteiger partial charge is 0.0569 e. The largest absolute Gasteiger partial charge is 0.385 e. The maximum atomic E-state index is 5.99. The van der Waals surface area contributed by atoms with Gasteiger partial charge in [0.25, 0.3) is 0 Å². The Labute approximate surface area is 151 Å². The Morgan fingerprint density at radius 1 is 0.880 bits per heavy atom. The highest BCUT2D eigenvalue weighted by molar-refractivity contribution is 5.62. The lowest BCUT2D eigenvalue weighted by atomic mass is 9.86. The average molecular weight is 338 g/mol. The van der Waals surface area contributed by atoms with Gasteiger partial charge in [0.15, 0.2) is 0 Å². The monoisotopic (exact) mass is 338 g/mol. The van der Waals surface area contributed by atoms with Gasteiger partial charge in [0.1, 0.15) is 0 Å². The summed E-state index contributed by atoms with van der Waals surface area (Å²) in [7, 11) is 0. The maximum absolute atomic E-state index is 5.99. The molecule has 134 valence electrons. The number of hydrogen-bond donors (Lipinski definition) is 4. The van der Waals surface area contributed by atoms with Crippen molar-refractivity contribution in [1.29, 1.82) is 0 Å². The predicted molar refractivity (Wildman–Crippen MR) is 108 cm³/mol. The van der Waals surface area contributed by atoms with Crippen molar-refractivity contribution in [3.05, 3.63) is 53.6 Å². The molecule has 0 bridgehead atoms. The molecule has 0 saturated heterocycles. The first-order valence-corrected chi connectivity index (χ1v) is 9.29. The molecular formula is C21H30N4. The quantitative estimate of drug-likeness (QED) is 0.578. The Bertz CT molecular complexity index is 690. The van der Waals surface area contributed by atoms with Crippen LogP contribution in [0.3, 0.4) is 0 Å². The van der Waals surface area contributed by atoms with Crippen LogP contribution in [0.5, 0.6) is 0 Å². The van der Waals surface area contributed by atoms with Gasteiger partial charge in [-0.2, -0.15) is 0 Å². The standard InChI is InChI=1S/C21H30N4/c1-15-5-3-4-6-21(15)25-24-19-11-12-20(16(2)13-19)23-14-17-7-9-18(22)10-8-17/h3-6,11-13,17-18,23-25H,7-10,14,22H2,1-2H3. The fraction of sp³-hybridized carbons (Fsp3) is 0.429. The minimum atomic E-state index is 0.420. The number of nitrogens with one attached hydrogen (secondary N) is 3. The summed E-state index contributed by atoms with van der Waals surface area (Å²) in [6.45, 7) is 5.29. The Morgan fingerprint density at radius 2 is 1.64 bits per heavy atom. The van der Waals surface area contributed by atoms with Crippen molar-refractivity contribution in [2.24, 2.45) is 11.7 Å². The molecule has 2 aromatic carbocycles. The molecule has 0 spiro atoms. The molecule has 1 aliphatic rings. The van der Waals surface area contributed by atoms with Crippen molar-refractivity contribution in [3.63, 3.8) is 0 Å². The van der Waals surface area contributed by atoms with Crippen LogP contribution in [0.15, 0.2) is 42.5 Å². The van der Waals surface area contributed by atoms with E-state index in [0.29, 0.717) is 6.04 Å². The minimum absolute atomic E-state index is 0.420. The van der Waals surface area contributed by atoms with Gasteiger partial charge in [-0.25, -0.2) is 0 Å². The summed E-state index contributed by atoms with van der Waals surface area (Å²) in [5.74, 6) is 0.750. The molecule has 4 nitrogen and oxygen atoms in total. The summed E-state index contributed by atoms with van der Waals surface area (Å²) < 4.78 is 0. The molecule has 5 N–H and O–H groups in total. The molecule has 0 radical (unpaired) electrons. The van der Waals surface area contributed by atoms with Gasteiger partial charge in [-0.05, 0) is 80.8 Å². The summed E-state index contributed by atoms with van der Waals surface area (Å²) in [5, 5.41) is 3.62. The van der Waals surface area contributed by atoms with Crippen LogP contribution in [0.25, 0.3) is 0 Å². The summed E-state index contributed by atoms with van der Waals surface area (Å²) in [4.78, 5) is 0. The molecule has 0 heterocycles. The number of hydrazine groups is 1. The predicted octanol–water partition coefficient (Wildman–Crippen LogP) is 4.67. The summed E-state index contributed by atoms with van der Waals surface area (Å²) >= 11 is 0. The van der Waals surface area contributed by atoms with Crippen LogP contribution in [0.2, 0.25) is 0 Å². The van der Waals surface area contributed by atoms with E-state index in [0.717, 1.165) is 23.8 Å². The van der Waals surface area contributed by atoms with Crippen molar-refractivity contribution >= 4 is 17.1 Å². The Balaban J connectivity index is 1.53. The van der Waals surface area contributed by atoms with Gasteiger partial charge in [-0.1, -0.05) is 18.2 Å². The second kappa shape index (κ2) is 8.26. The van der Waals surface area contributed by atoms with Crippen LogP contribution in [0.1, 0.15) is 36.8 Å². The highest BCUT2D eigenvalue weighted by atomic mass is 15.4. The van der Waals surface area contributed by atoms with E-state index in [9.17, 15) is 0 Å². The van der Waals surface area contributed by atoms with Crippen molar-refractivity contribution in [2.75, 3.05) is 22.7 Å². The van der Waals surface area contributed by atoms with E-state index in [4.69, 9.17) is 5.73 Å². The summed E-state index contributed by atoms with van der Waals surface area (Å²) in [6.07, 6.45) is 4.82. The number of anilines is 3. The zero-order valence-electron chi connectivity index (χ0n) is 15.3. The Morgan fingerprint density at radius 3 is 2.36 bits per heavy atom. The molecule has 2 aromatic rings. The van der Waals surface area contributed by atoms with E-state index in [2.05, 4.69) is 60.3 Å². The number of para-hydroxylation sites is 1. The highest BCUT2D eigenvalue weighted by Gasteiger charge is 2.18. The van der Waals surface area contributed by atoms with Gasteiger partial charge in [0.05, 0.1) is 11.4 Å². The number of rotatable bonds is 6. The molecule has 0 aliphatic heterocycles. The fourth-order valence-corrected chi connectivity index (χ4v) is 3.44. The third-order valence-electron chi connectivity index (χ3n) is 5.19. The van der Waals surface area contributed by atoms with Crippen molar-refractivity contribution < 1.29 is 0 Å². The highest BCUT2D eigenvalue weighted by Crippen LogP contribution is 2.25. The second-order valence-corrected chi connectivity index (χ2v) is 7.26. The maximum Gasteiger partial charge on any atom is 0.0569 e. The van der Waals surface area contributed by atoms with Crippen LogP contribution in [0.4, 0.5) is 17.1 Å². The van der Waals surface area contributed by atoms with E-state index >= 15 is 0 Å². The molecule has 0 amide bonds. The van der Waals surface area contributed by atoms with E-state index < -0.39 is 0 Å². The first-order chi connectivity index (χ1) is 12.1. The third kappa shape index (κ3) is 4.89. The van der Waals surface area contributed by atoms with Crippen molar-refractivity contribution in [1.82, 2.24) is 0 Å². The van der Waals surface area contributed by atoms with Crippen LogP contribution in [-0.4, -0.2) is 12.6 Å². The molecule has 1 fully saturated rings. The molecule has 3 rings (SSSR count). The van der Waals surface area contributed by atoms with Crippen molar-refractivity contribution in [3.8, 4) is 0 Å². The number of hydrogen-bond acceptors (Lipinski definition) is 4. The normalized spacial score (nSPS) is 20.1. The molecule has 0 atom stereocenters. The topological polar surface area (TPSA) is 62.1 Å². The zero-order chi connectivity index (χ0) is 17.6. The van der Waals surface area contributed by atoms with Crippen molar-refractivity contribution in [2.45, 2.75) is 45.6 Å². The molecule has 25 heavy (non-hydrogen) atoms. The number of nitrogens with two attached hydrogens (primary N) is 1. The summed E-state index contributed by atoms with van der Waals surface area (Å²) in [6, 6.07) is 15.1. The average Bonchev–Trinajstić information content (AvgIpc) is 2.62. The first-order valence-electron chi connectivity index (χ1n) is 9.29. The lowest BCUT2D eigenvalue weighted by Crippen LogP contribution is -2.29. The fourth-order valence-electron chi connectivity index (χ4n) is 3.44. The summed E-state index contributed by atoms with van der Waals surface area (Å²) in [5.41, 5.74) is 18.4. The minimum Gasteiger partial charge on any atom is -0.385 e. The second-order valence-electron chi connectivity index (χ2n) is 7.26. The molecular weight excluding hydrogens is 308 g/mol. The van der Waals surface area contributed by atoms with E-state index in [1.54, 1.807) is 0 Å². The Kier molecular flexibility index (Phi) is 5.82. The first kappa shape index (κ1) is 17.6. The lowest BCUT2D eigenvalue weighted by Gasteiger charge is -2.26. The molecule has 0 unspecified atom stereocenters. The number of aryl methyl sites for hydroxylation is 2. The van der Waals surface area contributed by atoms with Gasteiger partial charge in [0, 0.05) is 18.3 Å². The molecule has 0 aromatic heterocycles. The van der Waals surface area contributed by atoms with Gasteiger partial charge < -0.3 is 21.9 Å². The van der Waals surface area contributed by atoms with Gasteiger partial charge >= 0.3 is 0 Å². The van der Waals surface area contributed by atoms with Crippen LogP contribution >= 0.6 is 0 Å². The third-order valence-corrected chi connectivity index (χ3v) is 5.19. The van der Waals surface area contributed by atoms with E-state index in [1.165, 1.54) is 42.5 Å². The van der Waals surface area contributed by atoms with Crippen LogP contribution in [-0.2, 0) is 0 Å². The van der Waals surface area contributed by atoms with E-state index in [1.807, 2.05) is 12.1 Å². The zero-order valence-corrected chi connectivity index (χ0v) is 15.3. The number of benzene rings is 2.